The van der Waals surface area contributed by atoms with Crippen LogP contribution in [0.25, 0.3) is 76.5 Å². The first-order valence-corrected chi connectivity index (χ1v) is 14.6. The largest absolute Gasteiger partial charge is 0.308 e. The Morgan fingerprint density at radius 1 is 0.386 bits per heavy atom. The number of para-hydroxylation sites is 2. The van der Waals surface area contributed by atoms with E-state index in [0.29, 0.717) is 22.5 Å². The Bertz CT molecular complexity index is 2600. The topological polar surface area (TPSA) is 57.4 Å². The fourth-order valence-corrected chi connectivity index (χ4v) is 7.12. The smallest absolute Gasteiger partial charge is 0.101 e. The van der Waals surface area contributed by atoms with Gasteiger partial charge in [-0.1, -0.05) is 97.1 Å². The number of nitriles is 2. The van der Waals surface area contributed by atoms with Gasteiger partial charge >= 0.3 is 0 Å². The van der Waals surface area contributed by atoms with Gasteiger partial charge in [-0.2, -0.15) is 10.5 Å². The summed E-state index contributed by atoms with van der Waals surface area (Å²) in [5.74, 6) is 0. The van der Waals surface area contributed by atoms with Crippen LogP contribution < -0.4 is 0 Å². The third-order valence-electron chi connectivity index (χ3n) is 8.96. The molecule has 44 heavy (non-hydrogen) atoms. The molecule has 0 aliphatic carbocycles. The summed E-state index contributed by atoms with van der Waals surface area (Å²) in [6.45, 7) is 0. The quantitative estimate of drug-likeness (QED) is 0.212. The molecule has 9 rings (SSSR count). The second kappa shape index (κ2) is 9.07. The van der Waals surface area contributed by atoms with Crippen LogP contribution in [0.2, 0.25) is 0 Å². The zero-order chi connectivity index (χ0) is 29.4. The van der Waals surface area contributed by atoms with E-state index in [1.807, 2.05) is 36.4 Å². The molecule has 0 aliphatic rings. The van der Waals surface area contributed by atoms with Crippen LogP contribution in [0.1, 0.15) is 11.1 Å². The maximum absolute atomic E-state index is 10.7. The molecule has 0 aliphatic heterocycles. The highest BCUT2D eigenvalue weighted by Crippen LogP contribution is 2.42. The monoisotopic (exact) mass is 558 g/mol. The molecule has 2 aromatic heterocycles. The van der Waals surface area contributed by atoms with Gasteiger partial charge in [0.25, 0.3) is 0 Å². The van der Waals surface area contributed by atoms with Crippen molar-refractivity contribution in [2.24, 2.45) is 0 Å². The number of rotatable bonds is 2. The van der Waals surface area contributed by atoms with E-state index in [9.17, 15) is 10.5 Å². The zero-order valence-corrected chi connectivity index (χ0v) is 23.5. The highest BCUT2D eigenvalue weighted by atomic mass is 15.0. The summed E-state index contributed by atoms with van der Waals surface area (Å²) < 4.78 is 4.28. The van der Waals surface area contributed by atoms with Crippen LogP contribution in [0.15, 0.2) is 133 Å². The Hall–Kier alpha value is -6.36. The van der Waals surface area contributed by atoms with Gasteiger partial charge in [-0.25, -0.2) is 0 Å². The molecule has 0 N–H and O–H groups in total. The summed E-state index contributed by atoms with van der Waals surface area (Å²) in [5, 5.41) is 30.4. The molecule has 0 spiro atoms. The van der Waals surface area contributed by atoms with Crippen LogP contribution in [0.4, 0.5) is 0 Å². The average molecular weight is 559 g/mol. The summed E-state index contributed by atoms with van der Waals surface area (Å²) >= 11 is 0. The molecule has 0 saturated heterocycles. The summed E-state index contributed by atoms with van der Waals surface area (Å²) in [7, 11) is 0. The standard InChI is InChI=1S/C40H22N4/c41-23-27-22-38(28(24-42)21-37(27)43-33-15-7-5-13-31(33)32-14-6-8-16-34(32)43)44-35-19-17-25-9-1-3-11-29(25)39(35)40-30-12-4-2-10-26(30)18-20-36(40)44/h1-22H. The fourth-order valence-electron chi connectivity index (χ4n) is 7.12. The third kappa shape index (κ3) is 3.20. The number of benzene rings is 7. The van der Waals surface area contributed by atoms with E-state index >= 15 is 0 Å². The van der Waals surface area contributed by atoms with Crippen LogP contribution in [-0.2, 0) is 0 Å². The summed E-state index contributed by atoms with van der Waals surface area (Å²) in [4.78, 5) is 0. The van der Waals surface area contributed by atoms with Gasteiger partial charge in [-0.05, 0) is 57.9 Å². The molecule has 0 atom stereocenters. The van der Waals surface area contributed by atoms with Gasteiger partial charge in [-0.3, -0.25) is 0 Å². The van der Waals surface area contributed by atoms with E-state index in [1.54, 1.807) is 0 Å². The zero-order valence-electron chi connectivity index (χ0n) is 23.5. The molecule has 0 saturated carbocycles. The molecule has 0 radical (unpaired) electrons. The fraction of sp³-hybridized carbons (Fsp3) is 0. The molecule has 7 aromatic carbocycles. The van der Waals surface area contributed by atoms with Crippen LogP contribution in [0, 0.1) is 22.7 Å². The molecule has 4 nitrogen and oxygen atoms in total. The maximum atomic E-state index is 10.7. The summed E-state index contributed by atoms with van der Waals surface area (Å²) in [6.07, 6.45) is 0. The Kier molecular flexibility index (Phi) is 5.00. The molecule has 202 valence electrons. The van der Waals surface area contributed by atoms with Crippen molar-refractivity contribution < 1.29 is 0 Å². The molecule has 9 aromatic rings. The number of hydrogen-bond acceptors (Lipinski definition) is 2. The summed E-state index contributed by atoms with van der Waals surface area (Å²) in [6, 6.07) is 50.6. The second-order valence-corrected chi connectivity index (χ2v) is 11.2. The van der Waals surface area contributed by atoms with Crippen molar-refractivity contribution in [3.8, 4) is 23.5 Å². The van der Waals surface area contributed by atoms with E-state index in [0.717, 1.165) is 65.2 Å². The lowest BCUT2D eigenvalue weighted by Crippen LogP contribution is -2.04. The first-order chi connectivity index (χ1) is 21.8. The van der Waals surface area contributed by atoms with E-state index < -0.39 is 0 Å². The van der Waals surface area contributed by atoms with Crippen molar-refractivity contribution in [3.63, 3.8) is 0 Å². The molecule has 0 amide bonds. The maximum Gasteiger partial charge on any atom is 0.101 e. The minimum absolute atomic E-state index is 0.501. The Labute approximate surface area is 252 Å². The van der Waals surface area contributed by atoms with E-state index in [4.69, 9.17) is 0 Å². The Morgan fingerprint density at radius 3 is 1.23 bits per heavy atom. The first-order valence-electron chi connectivity index (χ1n) is 14.6. The van der Waals surface area contributed by atoms with Gasteiger partial charge in [0, 0.05) is 21.5 Å². The molecule has 4 heteroatoms. The van der Waals surface area contributed by atoms with Gasteiger partial charge in [0.1, 0.15) is 12.1 Å². The minimum atomic E-state index is 0.501. The molecule has 0 fully saturated rings. The van der Waals surface area contributed by atoms with Gasteiger partial charge in [0.05, 0.1) is 44.6 Å². The van der Waals surface area contributed by atoms with Gasteiger partial charge in [0.2, 0.25) is 0 Å². The van der Waals surface area contributed by atoms with Gasteiger partial charge in [-0.15, -0.1) is 0 Å². The number of aromatic nitrogens is 2. The third-order valence-corrected chi connectivity index (χ3v) is 8.96. The molecule has 0 unspecified atom stereocenters. The Balaban J connectivity index is 1.43. The van der Waals surface area contributed by atoms with E-state index in [1.165, 1.54) is 0 Å². The highest BCUT2D eigenvalue weighted by Gasteiger charge is 2.22. The van der Waals surface area contributed by atoms with Gasteiger partial charge in [0.15, 0.2) is 0 Å². The predicted octanol–water partition coefficient (Wildman–Crippen LogP) is 9.93. The predicted molar refractivity (Wildman–Crippen MR) is 180 cm³/mol. The lowest BCUT2D eigenvalue weighted by Gasteiger charge is -2.15. The number of nitrogens with zero attached hydrogens (tertiary/aromatic N) is 4. The van der Waals surface area contributed by atoms with Crippen LogP contribution in [0.5, 0.6) is 0 Å². The van der Waals surface area contributed by atoms with Crippen LogP contribution in [0.3, 0.4) is 0 Å². The number of hydrogen-bond donors (Lipinski definition) is 0. The summed E-state index contributed by atoms with van der Waals surface area (Å²) in [5.41, 5.74) is 6.39. The molecular weight excluding hydrogens is 536 g/mol. The van der Waals surface area contributed by atoms with E-state index in [-0.39, 0.29) is 0 Å². The first kappa shape index (κ1) is 24.3. The van der Waals surface area contributed by atoms with Crippen molar-refractivity contribution in [2.45, 2.75) is 0 Å². The van der Waals surface area contributed by atoms with Crippen LogP contribution >= 0.6 is 0 Å². The van der Waals surface area contributed by atoms with Crippen LogP contribution in [-0.4, -0.2) is 9.13 Å². The minimum Gasteiger partial charge on any atom is -0.308 e. The van der Waals surface area contributed by atoms with Crippen molar-refractivity contribution in [1.82, 2.24) is 9.13 Å². The van der Waals surface area contributed by atoms with E-state index in [2.05, 4.69) is 118 Å². The molecule has 2 heterocycles. The number of fused-ring (bicyclic) bond motifs is 10. The normalized spacial score (nSPS) is 11.6. The highest BCUT2D eigenvalue weighted by molar-refractivity contribution is 6.28. The lowest BCUT2D eigenvalue weighted by atomic mass is 10.00. The molecular formula is C40H22N4. The van der Waals surface area contributed by atoms with Crippen molar-refractivity contribution in [2.75, 3.05) is 0 Å². The lowest BCUT2D eigenvalue weighted by molar-refractivity contribution is 1.12. The second-order valence-electron chi connectivity index (χ2n) is 11.2. The van der Waals surface area contributed by atoms with Crippen molar-refractivity contribution >= 4 is 65.2 Å². The molecule has 0 bridgehead atoms. The van der Waals surface area contributed by atoms with Crippen molar-refractivity contribution in [3.05, 3.63) is 145 Å². The van der Waals surface area contributed by atoms with Gasteiger partial charge < -0.3 is 9.13 Å². The van der Waals surface area contributed by atoms with Crippen molar-refractivity contribution in [1.29, 1.82) is 10.5 Å². The SMILES string of the molecule is N#Cc1cc(-n2c3ccc4ccccc4c3c3c4ccccc4ccc32)c(C#N)cc1-n1c2ccccc2c2ccccc21. The Morgan fingerprint density at radius 2 is 0.773 bits per heavy atom. The average Bonchev–Trinajstić information content (AvgIpc) is 3.61.